The first-order valence-corrected chi connectivity index (χ1v) is 5.47. The van der Waals surface area contributed by atoms with Crippen molar-refractivity contribution in [2.75, 3.05) is 5.32 Å². The highest BCUT2D eigenvalue weighted by Gasteiger charge is 2.43. The Bertz CT molecular complexity index is 361. The van der Waals surface area contributed by atoms with Crippen molar-refractivity contribution in [2.45, 2.75) is 26.7 Å². The first-order chi connectivity index (χ1) is 7.10. The molecule has 17 heavy (non-hydrogen) atoms. The zero-order valence-corrected chi connectivity index (χ0v) is 11.2. The summed E-state index contributed by atoms with van der Waals surface area (Å²) in [6.45, 7) is 4.24. The predicted octanol–water partition coefficient (Wildman–Crippen LogP) is 3.65. The number of amides is 1. The molecule has 4 N–H and O–H groups in total. The molecule has 0 unspecified atom stereocenters. The van der Waals surface area contributed by atoms with Gasteiger partial charge >= 0.3 is 0 Å². The molecule has 0 radical (unpaired) electrons. The Labute approximate surface area is 109 Å². The van der Waals surface area contributed by atoms with Crippen LogP contribution in [-0.2, 0) is 4.79 Å². The van der Waals surface area contributed by atoms with Crippen molar-refractivity contribution in [3.05, 3.63) is 30.3 Å². The molecule has 0 aliphatic heterocycles. The Balaban J connectivity index is 0.00000128. The molecule has 1 aromatic carbocycles. The van der Waals surface area contributed by atoms with Crippen LogP contribution in [0.1, 0.15) is 26.7 Å². The van der Waals surface area contributed by atoms with Gasteiger partial charge in [-0.15, -0.1) is 12.4 Å². The summed E-state index contributed by atoms with van der Waals surface area (Å²) < 4.78 is 0. The standard InChI is InChI=1S/C13H17NO.ClH.H3N/c1-10-8-13(2,9-10)12(15)14-11-6-4-3-5-7-11;;/h3-7,10H,8-9H2,1-2H3,(H,14,15);1H;1H3. The van der Waals surface area contributed by atoms with Gasteiger partial charge in [-0.3, -0.25) is 4.79 Å². The lowest BCUT2D eigenvalue weighted by atomic mass is 9.63. The van der Waals surface area contributed by atoms with Gasteiger partial charge in [-0.1, -0.05) is 32.0 Å². The number of para-hydroxylation sites is 1. The molecule has 0 spiro atoms. The molecule has 96 valence electrons. The summed E-state index contributed by atoms with van der Waals surface area (Å²) in [5.41, 5.74) is 0.748. The molecular formula is C13H21ClN2O. The number of benzene rings is 1. The van der Waals surface area contributed by atoms with Crippen LogP contribution >= 0.6 is 12.4 Å². The zero-order valence-electron chi connectivity index (χ0n) is 10.4. The van der Waals surface area contributed by atoms with Crippen LogP contribution in [0, 0.1) is 11.3 Å². The van der Waals surface area contributed by atoms with Crippen LogP contribution in [0.2, 0.25) is 0 Å². The van der Waals surface area contributed by atoms with Gasteiger partial charge in [0.05, 0.1) is 0 Å². The topological polar surface area (TPSA) is 64.1 Å². The molecule has 4 heteroatoms. The Morgan fingerprint density at radius 3 is 2.29 bits per heavy atom. The fourth-order valence-electron chi connectivity index (χ4n) is 2.47. The van der Waals surface area contributed by atoms with Gasteiger partial charge in [0.15, 0.2) is 0 Å². The maximum atomic E-state index is 12.0. The summed E-state index contributed by atoms with van der Waals surface area (Å²) in [6, 6.07) is 9.65. The molecular weight excluding hydrogens is 236 g/mol. The van der Waals surface area contributed by atoms with E-state index in [1.807, 2.05) is 37.3 Å². The second kappa shape index (κ2) is 6.03. The predicted molar refractivity (Wildman–Crippen MR) is 73.8 cm³/mol. The smallest absolute Gasteiger partial charge is 0.230 e. The van der Waals surface area contributed by atoms with E-state index in [2.05, 4.69) is 12.2 Å². The van der Waals surface area contributed by atoms with Crippen molar-refractivity contribution in [1.29, 1.82) is 0 Å². The van der Waals surface area contributed by atoms with Gasteiger partial charge in [-0.05, 0) is 30.9 Å². The highest BCUT2D eigenvalue weighted by molar-refractivity contribution is 5.95. The van der Waals surface area contributed by atoms with Crippen LogP contribution in [-0.4, -0.2) is 5.91 Å². The summed E-state index contributed by atoms with van der Waals surface area (Å²) in [6.07, 6.45) is 2.01. The molecule has 0 aromatic heterocycles. The number of rotatable bonds is 2. The number of hydrogen-bond donors (Lipinski definition) is 2. The van der Waals surface area contributed by atoms with Crippen LogP contribution in [0.5, 0.6) is 0 Å². The number of hydrogen-bond acceptors (Lipinski definition) is 2. The molecule has 1 amide bonds. The van der Waals surface area contributed by atoms with Crippen molar-refractivity contribution in [1.82, 2.24) is 6.15 Å². The average molecular weight is 257 g/mol. The normalized spacial score (nSPS) is 25.9. The van der Waals surface area contributed by atoms with E-state index in [0.29, 0.717) is 5.92 Å². The van der Waals surface area contributed by atoms with Gasteiger partial charge in [0.25, 0.3) is 0 Å². The van der Waals surface area contributed by atoms with E-state index < -0.39 is 0 Å². The Morgan fingerprint density at radius 2 is 1.82 bits per heavy atom. The van der Waals surface area contributed by atoms with E-state index in [1.54, 1.807) is 0 Å². The fourth-order valence-corrected chi connectivity index (χ4v) is 2.47. The lowest BCUT2D eigenvalue weighted by Crippen LogP contribution is -2.43. The minimum Gasteiger partial charge on any atom is -0.344 e. The number of carbonyl (C=O) groups excluding carboxylic acids is 1. The summed E-state index contributed by atoms with van der Waals surface area (Å²) in [5, 5.41) is 2.97. The van der Waals surface area contributed by atoms with Gasteiger partial charge in [-0.25, -0.2) is 0 Å². The summed E-state index contributed by atoms with van der Waals surface area (Å²) in [4.78, 5) is 12.0. The first-order valence-electron chi connectivity index (χ1n) is 5.47. The highest BCUT2D eigenvalue weighted by atomic mass is 35.5. The third kappa shape index (κ3) is 3.45. The van der Waals surface area contributed by atoms with E-state index in [1.165, 1.54) is 0 Å². The quantitative estimate of drug-likeness (QED) is 0.848. The Kier molecular flexibility index (Phi) is 5.66. The number of carbonyl (C=O) groups is 1. The van der Waals surface area contributed by atoms with E-state index in [-0.39, 0.29) is 29.9 Å². The van der Waals surface area contributed by atoms with Crippen molar-refractivity contribution in [3.63, 3.8) is 0 Å². The minimum absolute atomic E-state index is 0. The number of anilines is 1. The number of nitrogens with one attached hydrogen (secondary N) is 1. The van der Waals surface area contributed by atoms with Crippen molar-refractivity contribution in [3.8, 4) is 0 Å². The van der Waals surface area contributed by atoms with Gasteiger partial charge in [0, 0.05) is 11.1 Å². The van der Waals surface area contributed by atoms with Gasteiger partial charge in [0.1, 0.15) is 0 Å². The monoisotopic (exact) mass is 256 g/mol. The molecule has 1 aromatic rings. The van der Waals surface area contributed by atoms with Gasteiger partial charge in [0.2, 0.25) is 5.91 Å². The van der Waals surface area contributed by atoms with E-state index in [0.717, 1.165) is 18.5 Å². The van der Waals surface area contributed by atoms with Crippen LogP contribution in [0.15, 0.2) is 30.3 Å². The highest BCUT2D eigenvalue weighted by Crippen LogP contribution is 2.45. The van der Waals surface area contributed by atoms with Crippen LogP contribution in [0.25, 0.3) is 0 Å². The second-order valence-electron chi connectivity index (χ2n) is 4.89. The number of halogens is 1. The summed E-state index contributed by atoms with van der Waals surface area (Å²) >= 11 is 0. The minimum atomic E-state index is -0.144. The average Bonchev–Trinajstić information content (AvgIpc) is 2.17. The third-order valence-corrected chi connectivity index (χ3v) is 3.18. The van der Waals surface area contributed by atoms with Crippen LogP contribution in [0.4, 0.5) is 5.69 Å². The Morgan fingerprint density at radius 1 is 1.29 bits per heavy atom. The van der Waals surface area contributed by atoms with Crippen molar-refractivity contribution >= 4 is 24.0 Å². The summed E-state index contributed by atoms with van der Waals surface area (Å²) in [7, 11) is 0. The molecule has 3 nitrogen and oxygen atoms in total. The van der Waals surface area contributed by atoms with Crippen molar-refractivity contribution in [2.24, 2.45) is 11.3 Å². The molecule has 0 saturated heterocycles. The van der Waals surface area contributed by atoms with Gasteiger partial charge < -0.3 is 11.5 Å². The van der Waals surface area contributed by atoms with E-state index >= 15 is 0 Å². The van der Waals surface area contributed by atoms with E-state index in [9.17, 15) is 4.79 Å². The molecule has 1 aliphatic rings. The van der Waals surface area contributed by atoms with Crippen LogP contribution in [0.3, 0.4) is 0 Å². The lowest BCUT2D eigenvalue weighted by Gasteiger charge is -2.42. The first kappa shape index (κ1) is 15.9. The van der Waals surface area contributed by atoms with Gasteiger partial charge in [-0.2, -0.15) is 0 Å². The maximum Gasteiger partial charge on any atom is 0.230 e. The lowest BCUT2D eigenvalue weighted by molar-refractivity contribution is -0.131. The molecule has 1 saturated carbocycles. The molecule has 0 atom stereocenters. The molecule has 1 aliphatic carbocycles. The zero-order chi connectivity index (χ0) is 10.9. The third-order valence-electron chi connectivity index (χ3n) is 3.18. The second-order valence-corrected chi connectivity index (χ2v) is 4.89. The van der Waals surface area contributed by atoms with Crippen LogP contribution < -0.4 is 11.5 Å². The molecule has 2 rings (SSSR count). The SMILES string of the molecule is CC1CC(C)(C(=O)Nc2ccccc2)C1.Cl.N. The largest absolute Gasteiger partial charge is 0.344 e. The molecule has 0 bridgehead atoms. The maximum absolute atomic E-state index is 12.0. The fraction of sp³-hybridized carbons (Fsp3) is 0.462. The molecule has 1 fully saturated rings. The van der Waals surface area contributed by atoms with Crippen molar-refractivity contribution < 1.29 is 4.79 Å². The molecule has 0 heterocycles. The Hall–Kier alpha value is -1.06. The van der Waals surface area contributed by atoms with E-state index in [4.69, 9.17) is 0 Å². The summed E-state index contributed by atoms with van der Waals surface area (Å²) in [5.74, 6) is 0.850.